The van der Waals surface area contributed by atoms with Crippen molar-refractivity contribution < 1.29 is 0 Å². The maximum Gasteiger partial charge on any atom is 0.126 e. The highest BCUT2D eigenvalue weighted by Gasteiger charge is 2.11. The standard InChI is InChI=1S/C17H23N3/c1-2-10-19-16(12-14-7-4-3-5-8-14)13-15-9-6-11-20-17(15)18/h3-9,11,16,19H,2,10,12-13H2,1H3,(H2,18,20). The van der Waals surface area contributed by atoms with E-state index in [2.05, 4.69) is 53.6 Å². The van der Waals surface area contributed by atoms with E-state index in [0.717, 1.165) is 31.4 Å². The van der Waals surface area contributed by atoms with E-state index in [1.165, 1.54) is 5.56 Å². The van der Waals surface area contributed by atoms with Gasteiger partial charge in [-0.05, 0) is 43.0 Å². The Balaban J connectivity index is 2.05. The Kier molecular flexibility index (Phi) is 5.56. The van der Waals surface area contributed by atoms with E-state index in [-0.39, 0.29) is 0 Å². The van der Waals surface area contributed by atoms with Gasteiger partial charge < -0.3 is 11.1 Å². The Bertz CT molecular complexity index is 511. The van der Waals surface area contributed by atoms with Gasteiger partial charge in [0.15, 0.2) is 0 Å². The van der Waals surface area contributed by atoms with Gasteiger partial charge >= 0.3 is 0 Å². The fourth-order valence-corrected chi connectivity index (χ4v) is 2.35. The second kappa shape index (κ2) is 7.65. The second-order valence-electron chi connectivity index (χ2n) is 5.09. The van der Waals surface area contributed by atoms with Crippen molar-refractivity contribution in [3.05, 3.63) is 59.8 Å². The molecular formula is C17H23N3. The summed E-state index contributed by atoms with van der Waals surface area (Å²) in [5, 5.41) is 3.61. The highest BCUT2D eigenvalue weighted by molar-refractivity contribution is 5.39. The van der Waals surface area contributed by atoms with E-state index in [4.69, 9.17) is 5.73 Å². The Morgan fingerprint density at radius 3 is 2.60 bits per heavy atom. The van der Waals surface area contributed by atoms with Gasteiger partial charge in [0.2, 0.25) is 0 Å². The van der Waals surface area contributed by atoms with Crippen molar-refractivity contribution in [2.75, 3.05) is 12.3 Å². The number of rotatable bonds is 7. The molecule has 0 amide bonds. The minimum atomic E-state index is 0.392. The molecular weight excluding hydrogens is 246 g/mol. The molecule has 0 radical (unpaired) electrons. The second-order valence-corrected chi connectivity index (χ2v) is 5.09. The summed E-state index contributed by atoms with van der Waals surface area (Å²) in [6.45, 7) is 3.21. The maximum atomic E-state index is 5.95. The van der Waals surface area contributed by atoms with Crippen LogP contribution in [0.5, 0.6) is 0 Å². The van der Waals surface area contributed by atoms with Crippen LogP contribution in [0.2, 0.25) is 0 Å². The summed E-state index contributed by atoms with van der Waals surface area (Å²) >= 11 is 0. The van der Waals surface area contributed by atoms with Gasteiger partial charge in [0.1, 0.15) is 5.82 Å². The Morgan fingerprint density at radius 1 is 1.10 bits per heavy atom. The van der Waals surface area contributed by atoms with Crippen LogP contribution in [0.3, 0.4) is 0 Å². The van der Waals surface area contributed by atoms with Crippen molar-refractivity contribution in [2.45, 2.75) is 32.2 Å². The van der Waals surface area contributed by atoms with Crippen LogP contribution < -0.4 is 11.1 Å². The largest absolute Gasteiger partial charge is 0.383 e. The Labute approximate surface area is 121 Å². The molecule has 0 fully saturated rings. The summed E-state index contributed by atoms with van der Waals surface area (Å²) in [4.78, 5) is 4.17. The van der Waals surface area contributed by atoms with Crippen LogP contribution in [0.15, 0.2) is 48.7 Å². The first-order chi connectivity index (χ1) is 9.79. The zero-order valence-corrected chi connectivity index (χ0v) is 12.0. The molecule has 1 unspecified atom stereocenters. The van der Waals surface area contributed by atoms with Crippen molar-refractivity contribution in [3.8, 4) is 0 Å². The van der Waals surface area contributed by atoms with E-state index in [1.807, 2.05) is 6.07 Å². The van der Waals surface area contributed by atoms with Crippen LogP contribution >= 0.6 is 0 Å². The lowest BCUT2D eigenvalue weighted by atomic mass is 9.99. The van der Waals surface area contributed by atoms with Crippen LogP contribution in [0.1, 0.15) is 24.5 Å². The average Bonchev–Trinajstić information content (AvgIpc) is 2.48. The molecule has 1 aromatic heterocycles. The maximum absolute atomic E-state index is 5.95. The molecule has 0 aliphatic heterocycles. The number of nitrogens with zero attached hydrogens (tertiary/aromatic N) is 1. The number of benzene rings is 1. The van der Waals surface area contributed by atoms with Crippen LogP contribution in [-0.4, -0.2) is 17.6 Å². The molecule has 1 atom stereocenters. The van der Waals surface area contributed by atoms with Crippen LogP contribution in [0.25, 0.3) is 0 Å². The molecule has 2 aromatic rings. The third kappa shape index (κ3) is 4.35. The van der Waals surface area contributed by atoms with Gasteiger partial charge in [-0.15, -0.1) is 0 Å². The van der Waals surface area contributed by atoms with Gasteiger partial charge in [-0.2, -0.15) is 0 Å². The molecule has 0 saturated carbocycles. The number of nitrogen functional groups attached to an aromatic ring is 1. The number of pyridine rings is 1. The Hall–Kier alpha value is -1.87. The number of hydrogen-bond acceptors (Lipinski definition) is 3. The van der Waals surface area contributed by atoms with Gasteiger partial charge in [0.25, 0.3) is 0 Å². The number of aromatic nitrogens is 1. The number of anilines is 1. The Morgan fingerprint density at radius 2 is 1.90 bits per heavy atom. The van der Waals surface area contributed by atoms with Crippen molar-refractivity contribution in [3.63, 3.8) is 0 Å². The van der Waals surface area contributed by atoms with E-state index in [9.17, 15) is 0 Å². The van der Waals surface area contributed by atoms with E-state index >= 15 is 0 Å². The van der Waals surface area contributed by atoms with E-state index < -0.39 is 0 Å². The van der Waals surface area contributed by atoms with Crippen LogP contribution in [0.4, 0.5) is 5.82 Å². The molecule has 0 bridgehead atoms. The van der Waals surface area contributed by atoms with Crippen molar-refractivity contribution in [2.24, 2.45) is 0 Å². The molecule has 3 N–H and O–H groups in total. The first kappa shape index (κ1) is 14.5. The predicted molar refractivity (Wildman–Crippen MR) is 84.6 cm³/mol. The molecule has 3 heteroatoms. The fraction of sp³-hybridized carbons (Fsp3) is 0.353. The number of nitrogens with two attached hydrogens (primary N) is 1. The lowest BCUT2D eigenvalue weighted by molar-refractivity contribution is 0.505. The first-order valence-electron chi connectivity index (χ1n) is 7.26. The number of hydrogen-bond donors (Lipinski definition) is 2. The number of nitrogens with one attached hydrogen (secondary N) is 1. The summed E-state index contributed by atoms with van der Waals surface area (Å²) in [7, 11) is 0. The topological polar surface area (TPSA) is 50.9 Å². The summed E-state index contributed by atoms with van der Waals surface area (Å²) in [6, 6.07) is 15.0. The lowest BCUT2D eigenvalue weighted by Gasteiger charge is -2.19. The molecule has 106 valence electrons. The third-order valence-corrected chi connectivity index (χ3v) is 3.40. The van der Waals surface area contributed by atoms with E-state index in [0.29, 0.717) is 11.9 Å². The molecule has 1 aromatic carbocycles. The third-order valence-electron chi connectivity index (χ3n) is 3.40. The highest BCUT2D eigenvalue weighted by atomic mass is 14.9. The molecule has 1 heterocycles. The first-order valence-corrected chi connectivity index (χ1v) is 7.26. The lowest BCUT2D eigenvalue weighted by Crippen LogP contribution is -2.34. The monoisotopic (exact) mass is 269 g/mol. The quantitative estimate of drug-likeness (QED) is 0.812. The van der Waals surface area contributed by atoms with E-state index in [1.54, 1.807) is 6.20 Å². The summed E-state index contributed by atoms with van der Waals surface area (Å²) in [5.74, 6) is 0.642. The average molecular weight is 269 g/mol. The van der Waals surface area contributed by atoms with Gasteiger partial charge in [0, 0.05) is 12.2 Å². The molecule has 0 saturated heterocycles. The van der Waals surface area contributed by atoms with Gasteiger partial charge in [0.05, 0.1) is 0 Å². The molecule has 0 aliphatic rings. The predicted octanol–water partition coefficient (Wildman–Crippen LogP) is 2.82. The molecule has 2 rings (SSSR count). The minimum Gasteiger partial charge on any atom is -0.383 e. The zero-order valence-electron chi connectivity index (χ0n) is 12.0. The van der Waals surface area contributed by atoms with Crippen LogP contribution in [-0.2, 0) is 12.8 Å². The normalized spacial score (nSPS) is 12.2. The molecule has 20 heavy (non-hydrogen) atoms. The summed E-state index contributed by atoms with van der Waals surface area (Å²) in [5.41, 5.74) is 8.42. The molecule has 3 nitrogen and oxygen atoms in total. The SMILES string of the molecule is CCCNC(Cc1ccccc1)Cc1cccnc1N. The summed E-state index contributed by atoms with van der Waals surface area (Å²) in [6.07, 6.45) is 4.79. The molecule has 0 spiro atoms. The summed E-state index contributed by atoms with van der Waals surface area (Å²) < 4.78 is 0. The van der Waals surface area contributed by atoms with Crippen LogP contribution in [0, 0.1) is 0 Å². The van der Waals surface area contributed by atoms with Gasteiger partial charge in [-0.3, -0.25) is 0 Å². The van der Waals surface area contributed by atoms with Crippen molar-refractivity contribution >= 4 is 5.82 Å². The van der Waals surface area contributed by atoms with Crippen molar-refractivity contribution in [1.29, 1.82) is 0 Å². The van der Waals surface area contributed by atoms with Crippen molar-refractivity contribution in [1.82, 2.24) is 10.3 Å². The fourth-order valence-electron chi connectivity index (χ4n) is 2.35. The van der Waals surface area contributed by atoms with Gasteiger partial charge in [-0.1, -0.05) is 43.3 Å². The van der Waals surface area contributed by atoms with Gasteiger partial charge in [-0.25, -0.2) is 4.98 Å². The zero-order chi connectivity index (χ0) is 14.2. The minimum absolute atomic E-state index is 0.392. The smallest absolute Gasteiger partial charge is 0.126 e. The highest BCUT2D eigenvalue weighted by Crippen LogP contribution is 2.13. The molecule has 0 aliphatic carbocycles.